The maximum atomic E-state index is 4.64. The predicted molar refractivity (Wildman–Crippen MR) is 78.6 cm³/mol. The average molecular weight is 271 g/mol. The zero-order valence-electron chi connectivity index (χ0n) is 12.3. The largest absolute Gasteiger partial charge is 0.330 e. The van der Waals surface area contributed by atoms with Crippen molar-refractivity contribution in [3.8, 4) is 11.4 Å². The molecule has 1 aliphatic rings. The number of hydrogen-bond acceptors (Lipinski definition) is 4. The highest BCUT2D eigenvalue weighted by atomic mass is 15.1. The third-order valence-corrected chi connectivity index (χ3v) is 4.06. The number of piperidine rings is 1. The Hall–Kier alpha value is -1.75. The van der Waals surface area contributed by atoms with Gasteiger partial charge in [0.25, 0.3) is 0 Å². The van der Waals surface area contributed by atoms with Gasteiger partial charge in [-0.15, -0.1) is 0 Å². The van der Waals surface area contributed by atoms with Crippen LogP contribution >= 0.6 is 0 Å². The van der Waals surface area contributed by atoms with Crippen molar-refractivity contribution in [1.29, 1.82) is 0 Å². The molecule has 1 unspecified atom stereocenters. The lowest BCUT2D eigenvalue weighted by Crippen LogP contribution is -2.29. The second-order valence-corrected chi connectivity index (χ2v) is 5.52. The molecule has 2 aromatic heterocycles. The lowest BCUT2D eigenvalue weighted by atomic mass is 9.95. The van der Waals surface area contributed by atoms with Crippen LogP contribution in [0.4, 0.5) is 0 Å². The summed E-state index contributed by atoms with van der Waals surface area (Å²) in [6.07, 6.45) is 4.31. The molecule has 0 bridgehead atoms. The van der Waals surface area contributed by atoms with Gasteiger partial charge in [-0.05, 0) is 39.3 Å². The number of nitrogens with zero attached hydrogens (tertiary/aromatic N) is 4. The van der Waals surface area contributed by atoms with Crippen molar-refractivity contribution in [1.82, 2.24) is 24.8 Å². The van der Waals surface area contributed by atoms with Crippen LogP contribution in [0, 0.1) is 13.8 Å². The molecule has 2 aromatic rings. The summed E-state index contributed by atoms with van der Waals surface area (Å²) in [6, 6.07) is 2.13. The molecular weight excluding hydrogens is 250 g/mol. The van der Waals surface area contributed by atoms with Gasteiger partial charge in [-0.25, -0.2) is 15.0 Å². The first kappa shape index (κ1) is 13.2. The van der Waals surface area contributed by atoms with Crippen molar-refractivity contribution in [3.63, 3.8) is 0 Å². The van der Waals surface area contributed by atoms with Crippen molar-refractivity contribution < 1.29 is 0 Å². The van der Waals surface area contributed by atoms with Gasteiger partial charge in [0, 0.05) is 25.2 Å². The summed E-state index contributed by atoms with van der Waals surface area (Å²) in [5, 5.41) is 3.45. The molecule has 20 heavy (non-hydrogen) atoms. The van der Waals surface area contributed by atoms with E-state index in [4.69, 9.17) is 0 Å². The standard InChI is InChI=1S/C15H21N5/c1-10-18-13(12-5-4-6-16-8-12)7-14(19-10)15-9-17-11(2)20(15)3/h7,9,12,16H,4-6,8H2,1-3H3. The Kier molecular flexibility index (Phi) is 3.53. The van der Waals surface area contributed by atoms with Gasteiger partial charge in [-0.2, -0.15) is 0 Å². The van der Waals surface area contributed by atoms with Gasteiger partial charge in [0.1, 0.15) is 11.6 Å². The van der Waals surface area contributed by atoms with E-state index in [0.717, 1.165) is 41.8 Å². The van der Waals surface area contributed by atoms with Gasteiger partial charge in [0.05, 0.1) is 17.6 Å². The molecule has 0 saturated carbocycles. The Balaban J connectivity index is 2.00. The van der Waals surface area contributed by atoms with Gasteiger partial charge >= 0.3 is 0 Å². The zero-order valence-corrected chi connectivity index (χ0v) is 12.3. The number of nitrogens with one attached hydrogen (secondary N) is 1. The highest BCUT2D eigenvalue weighted by molar-refractivity contribution is 5.55. The Morgan fingerprint density at radius 2 is 2.15 bits per heavy atom. The molecule has 1 atom stereocenters. The molecule has 0 aromatic carbocycles. The molecule has 5 nitrogen and oxygen atoms in total. The summed E-state index contributed by atoms with van der Waals surface area (Å²) in [6.45, 7) is 6.10. The molecule has 1 aliphatic heterocycles. The number of aromatic nitrogens is 4. The summed E-state index contributed by atoms with van der Waals surface area (Å²) >= 11 is 0. The minimum atomic E-state index is 0.499. The van der Waals surface area contributed by atoms with E-state index in [1.165, 1.54) is 12.8 Å². The van der Waals surface area contributed by atoms with Crippen LogP contribution in [0.5, 0.6) is 0 Å². The van der Waals surface area contributed by atoms with Crippen LogP contribution in [-0.2, 0) is 7.05 Å². The molecule has 0 aliphatic carbocycles. The third kappa shape index (κ3) is 2.45. The molecule has 0 radical (unpaired) electrons. The molecule has 3 heterocycles. The fourth-order valence-electron chi connectivity index (χ4n) is 2.78. The van der Waals surface area contributed by atoms with Crippen molar-refractivity contribution in [2.45, 2.75) is 32.6 Å². The van der Waals surface area contributed by atoms with Crippen LogP contribution < -0.4 is 5.32 Å². The van der Waals surface area contributed by atoms with E-state index in [1.807, 2.05) is 27.1 Å². The van der Waals surface area contributed by atoms with Crippen molar-refractivity contribution in [2.75, 3.05) is 13.1 Å². The maximum absolute atomic E-state index is 4.64. The maximum Gasteiger partial charge on any atom is 0.126 e. The van der Waals surface area contributed by atoms with Crippen molar-refractivity contribution in [2.24, 2.45) is 7.05 Å². The van der Waals surface area contributed by atoms with E-state index in [-0.39, 0.29) is 0 Å². The van der Waals surface area contributed by atoms with Crippen LogP contribution in [0.2, 0.25) is 0 Å². The van der Waals surface area contributed by atoms with Gasteiger partial charge in [-0.3, -0.25) is 0 Å². The number of imidazole rings is 1. The van der Waals surface area contributed by atoms with Gasteiger partial charge < -0.3 is 9.88 Å². The first-order valence-corrected chi connectivity index (χ1v) is 7.20. The van der Waals surface area contributed by atoms with E-state index in [1.54, 1.807) is 0 Å². The molecular formula is C15H21N5. The van der Waals surface area contributed by atoms with E-state index in [0.29, 0.717) is 5.92 Å². The third-order valence-electron chi connectivity index (χ3n) is 4.06. The van der Waals surface area contributed by atoms with Crippen LogP contribution in [0.25, 0.3) is 11.4 Å². The Morgan fingerprint density at radius 3 is 2.80 bits per heavy atom. The molecule has 0 amide bonds. The normalized spacial score (nSPS) is 19.2. The highest BCUT2D eigenvalue weighted by Crippen LogP contribution is 2.25. The van der Waals surface area contributed by atoms with Gasteiger partial charge in [0.2, 0.25) is 0 Å². The van der Waals surface area contributed by atoms with Crippen LogP contribution in [0.15, 0.2) is 12.3 Å². The van der Waals surface area contributed by atoms with Crippen LogP contribution in [0.3, 0.4) is 0 Å². The molecule has 0 spiro atoms. The highest BCUT2D eigenvalue weighted by Gasteiger charge is 2.19. The van der Waals surface area contributed by atoms with Crippen LogP contribution in [0.1, 0.15) is 36.1 Å². The zero-order chi connectivity index (χ0) is 14.1. The van der Waals surface area contributed by atoms with Gasteiger partial charge in [-0.1, -0.05) is 0 Å². The second-order valence-electron chi connectivity index (χ2n) is 5.52. The quantitative estimate of drug-likeness (QED) is 0.907. The predicted octanol–water partition coefficient (Wildman–Crippen LogP) is 1.96. The van der Waals surface area contributed by atoms with E-state index in [9.17, 15) is 0 Å². The fourth-order valence-corrected chi connectivity index (χ4v) is 2.78. The minimum absolute atomic E-state index is 0.499. The summed E-state index contributed by atoms with van der Waals surface area (Å²) in [4.78, 5) is 13.6. The number of aryl methyl sites for hydroxylation is 2. The number of hydrogen-bond donors (Lipinski definition) is 1. The second kappa shape index (κ2) is 5.32. The Morgan fingerprint density at radius 1 is 1.30 bits per heavy atom. The first-order valence-electron chi connectivity index (χ1n) is 7.20. The molecule has 5 heteroatoms. The van der Waals surface area contributed by atoms with Gasteiger partial charge in [0.15, 0.2) is 0 Å². The summed E-state index contributed by atoms with van der Waals surface area (Å²) in [5.41, 5.74) is 3.18. The fraction of sp³-hybridized carbons (Fsp3) is 0.533. The summed E-state index contributed by atoms with van der Waals surface area (Å²) in [7, 11) is 2.02. The number of rotatable bonds is 2. The molecule has 1 saturated heterocycles. The van der Waals surface area contributed by atoms with Crippen molar-refractivity contribution in [3.05, 3.63) is 29.6 Å². The Bertz CT molecular complexity index is 611. The minimum Gasteiger partial charge on any atom is -0.330 e. The SMILES string of the molecule is Cc1nc(-c2cnc(C)n2C)cc(C2CCCNC2)n1. The topological polar surface area (TPSA) is 55.6 Å². The van der Waals surface area contributed by atoms with Crippen LogP contribution in [-0.4, -0.2) is 32.6 Å². The molecule has 3 rings (SSSR count). The molecule has 1 fully saturated rings. The molecule has 1 N–H and O–H groups in total. The lowest BCUT2D eigenvalue weighted by molar-refractivity contribution is 0.453. The van der Waals surface area contributed by atoms with E-state index < -0.39 is 0 Å². The average Bonchev–Trinajstić information content (AvgIpc) is 2.79. The smallest absolute Gasteiger partial charge is 0.126 e. The summed E-state index contributed by atoms with van der Waals surface area (Å²) in [5.74, 6) is 2.33. The summed E-state index contributed by atoms with van der Waals surface area (Å²) < 4.78 is 2.07. The van der Waals surface area contributed by atoms with E-state index >= 15 is 0 Å². The first-order chi connectivity index (χ1) is 9.65. The molecule has 106 valence electrons. The van der Waals surface area contributed by atoms with Crippen molar-refractivity contribution >= 4 is 0 Å². The van der Waals surface area contributed by atoms with E-state index in [2.05, 4.69) is 30.9 Å². The monoisotopic (exact) mass is 271 g/mol. The lowest BCUT2D eigenvalue weighted by Gasteiger charge is -2.22. The Labute approximate surface area is 119 Å².